The number of carbonyl (C=O) groups excluding carboxylic acids is 1. The molecule has 0 radical (unpaired) electrons. The molecule has 1 aliphatic heterocycles. The zero-order valence-corrected chi connectivity index (χ0v) is 11.3. The van der Waals surface area contributed by atoms with Crippen molar-refractivity contribution < 1.29 is 14.6 Å². The maximum Gasteiger partial charge on any atom is 0.244 e. The van der Waals surface area contributed by atoms with Crippen molar-refractivity contribution in [3.63, 3.8) is 0 Å². The van der Waals surface area contributed by atoms with Crippen molar-refractivity contribution in [3.05, 3.63) is 29.3 Å². The van der Waals surface area contributed by atoms with Crippen molar-refractivity contribution in [3.8, 4) is 6.07 Å². The summed E-state index contributed by atoms with van der Waals surface area (Å²) in [6, 6.07) is 6.85. The molecule has 106 valence electrons. The van der Waals surface area contributed by atoms with Crippen LogP contribution < -0.4 is 10.2 Å². The summed E-state index contributed by atoms with van der Waals surface area (Å²) in [6.45, 7) is 1.24. The molecule has 1 unspecified atom stereocenters. The molecule has 1 atom stereocenters. The molecule has 0 aromatic heterocycles. The molecule has 6 nitrogen and oxygen atoms in total. The zero-order valence-electron chi connectivity index (χ0n) is 11.3. The first-order valence-electron chi connectivity index (χ1n) is 6.41. The molecule has 2 N–H and O–H groups in total. The standard InChI is InChI=1S/C14H17N3O3/c1-16-14(19)13-9-20-5-4-17(13)12-3-2-10(8-18)6-11(12)7-15/h2-3,6,13,18H,4-5,8-9H2,1H3,(H,16,19). The lowest BCUT2D eigenvalue weighted by Gasteiger charge is -2.36. The molecule has 1 heterocycles. The number of aliphatic hydroxyl groups excluding tert-OH is 1. The molecule has 0 saturated carbocycles. The number of nitrogens with zero attached hydrogens (tertiary/aromatic N) is 2. The number of nitriles is 1. The smallest absolute Gasteiger partial charge is 0.244 e. The molecular weight excluding hydrogens is 258 g/mol. The van der Waals surface area contributed by atoms with Gasteiger partial charge in [-0.1, -0.05) is 6.07 Å². The summed E-state index contributed by atoms with van der Waals surface area (Å²) in [6.07, 6.45) is 0. The SMILES string of the molecule is CNC(=O)C1COCCN1c1ccc(CO)cc1C#N. The van der Waals surface area contributed by atoms with Crippen LogP contribution in [0, 0.1) is 11.3 Å². The number of likely N-dealkylation sites (N-methyl/N-ethyl adjacent to an activating group) is 1. The van der Waals surface area contributed by atoms with E-state index in [0.29, 0.717) is 36.6 Å². The first kappa shape index (κ1) is 14.3. The van der Waals surface area contributed by atoms with E-state index in [1.54, 1.807) is 25.2 Å². The fourth-order valence-electron chi connectivity index (χ4n) is 2.30. The average Bonchev–Trinajstić information content (AvgIpc) is 2.53. The predicted molar refractivity (Wildman–Crippen MR) is 73.1 cm³/mol. The number of morpholine rings is 1. The van der Waals surface area contributed by atoms with E-state index in [0.717, 1.165) is 0 Å². The first-order valence-corrected chi connectivity index (χ1v) is 6.41. The van der Waals surface area contributed by atoms with E-state index in [2.05, 4.69) is 11.4 Å². The summed E-state index contributed by atoms with van der Waals surface area (Å²) in [5.74, 6) is -0.139. The molecule has 20 heavy (non-hydrogen) atoms. The molecule has 0 bridgehead atoms. The van der Waals surface area contributed by atoms with Gasteiger partial charge in [0.2, 0.25) is 5.91 Å². The molecule has 1 fully saturated rings. The highest BCUT2D eigenvalue weighted by atomic mass is 16.5. The van der Waals surface area contributed by atoms with Gasteiger partial charge < -0.3 is 20.1 Å². The lowest BCUT2D eigenvalue weighted by atomic mass is 10.1. The second-order valence-electron chi connectivity index (χ2n) is 4.52. The van der Waals surface area contributed by atoms with Gasteiger partial charge in [-0.25, -0.2) is 0 Å². The molecule has 1 aromatic rings. The van der Waals surface area contributed by atoms with Crippen LogP contribution in [0.5, 0.6) is 0 Å². The highest BCUT2D eigenvalue weighted by molar-refractivity contribution is 5.86. The van der Waals surface area contributed by atoms with Gasteiger partial charge in [-0.3, -0.25) is 4.79 Å². The summed E-state index contributed by atoms with van der Waals surface area (Å²) in [7, 11) is 1.58. The largest absolute Gasteiger partial charge is 0.392 e. The predicted octanol–water partition coefficient (Wildman–Crippen LogP) is 0.00178. The van der Waals surface area contributed by atoms with Crippen molar-refractivity contribution in [2.24, 2.45) is 0 Å². The van der Waals surface area contributed by atoms with Gasteiger partial charge in [0.15, 0.2) is 0 Å². The summed E-state index contributed by atoms with van der Waals surface area (Å²) in [5, 5.41) is 21.0. The van der Waals surface area contributed by atoms with E-state index < -0.39 is 6.04 Å². The molecule has 0 spiro atoms. The van der Waals surface area contributed by atoms with Gasteiger partial charge in [0, 0.05) is 13.6 Å². The highest BCUT2D eigenvalue weighted by Crippen LogP contribution is 2.25. The second kappa shape index (κ2) is 6.37. The van der Waals surface area contributed by atoms with Crippen LogP contribution >= 0.6 is 0 Å². The second-order valence-corrected chi connectivity index (χ2v) is 4.52. The molecular formula is C14H17N3O3. The molecule has 6 heteroatoms. The Morgan fingerprint density at radius 3 is 3.10 bits per heavy atom. The molecule has 1 saturated heterocycles. The van der Waals surface area contributed by atoms with E-state index >= 15 is 0 Å². The van der Waals surface area contributed by atoms with E-state index in [1.807, 2.05) is 4.90 Å². The number of rotatable bonds is 3. The first-order chi connectivity index (χ1) is 9.71. The normalized spacial score (nSPS) is 18.4. The fraction of sp³-hybridized carbons (Fsp3) is 0.429. The number of ether oxygens (including phenoxy) is 1. The monoisotopic (exact) mass is 275 g/mol. The molecule has 1 amide bonds. The third-order valence-electron chi connectivity index (χ3n) is 3.35. The maximum atomic E-state index is 11.9. The highest BCUT2D eigenvalue weighted by Gasteiger charge is 2.30. The number of hydrogen-bond donors (Lipinski definition) is 2. The Labute approximate surface area is 117 Å². The van der Waals surface area contributed by atoms with Crippen LogP contribution in [0.25, 0.3) is 0 Å². The minimum Gasteiger partial charge on any atom is -0.392 e. The number of aliphatic hydroxyl groups is 1. The number of amides is 1. The molecule has 1 aromatic carbocycles. The number of nitrogens with one attached hydrogen (secondary N) is 1. The molecule has 1 aliphatic rings. The van der Waals surface area contributed by atoms with E-state index in [4.69, 9.17) is 9.84 Å². The van der Waals surface area contributed by atoms with E-state index in [1.165, 1.54) is 0 Å². The van der Waals surface area contributed by atoms with E-state index in [9.17, 15) is 10.1 Å². The van der Waals surface area contributed by atoms with Gasteiger partial charge in [-0.05, 0) is 17.7 Å². The molecule has 0 aliphatic carbocycles. The van der Waals surface area contributed by atoms with Gasteiger partial charge >= 0.3 is 0 Å². The van der Waals surface area contributed by atoms with Crippen LogP contribution in [0.2, 0.25) is 0 Å². The molecule has 2 rings (SSSR count). The Morgan fingerprint density at radius 2 is 2.45 bits per heavy atom. The quantitative estimate of drug-likeness (QED) is 0.811. The minimum absolute atomic E-state index is 0.114. The fourth-order valence-corrected chi connectivity index (χ4v) is 2.30. The number of anilines is 1. The lowest BCUT2D eigenvalue weighted by Crippen LogP contribution is -2.53. The third-order valence-corrected chi connectivity index (χ3v) is 3.35. The van der Waals surface area contributed by atoms with Crippen molar-refractivity contribution >= 4 is 11.6 Å². The zero-order chi connectivity index (χ0) is 14.5. The topological polar surface area (TPSA) is 85.6 Å². The van der Waals surface area contributed by atoms with Gasteiger partial charge in [0.05, 0.1) is 31.1 Å². The van der Waals surface area contributed by atoms with Gasteiger partial charge in [0.1, 0.15) is 12.1 Å². The third kappa shape index (κ3) is 2.74. The number of hydrogen-bond acceptors (Lipinski definition) is 5. The van der Waals surface area contributed by atoms with Crippen LogP contribution in [0.15, 0.2) is 18.2 Å². The minimum atomic E-state index is -0.444. The Bertz CT molecular complexity index is 539. The maximum absolute atomic E-state index is 11.9. The van der Waals surface area contributed by atoms with Gasteiger partial charge in [-0.2, -0.15) is 5.26 Å². The van der Waals surface area contributed by atoms with Crippen molar-refractivity contribution in [2.45, 2.75) is 12.6 Å². The number of benzene rings is 1. The summed E-state index contributed by atoms with van der Waals surface area (Å²) in [5.41, 5.74) is 1.82. The Hall–Kier alpha value is -2.10. The van der Waals surface area contributed by atoms with Crippen molar-refractivity contribution in [1.82, 2.24) is 5.32 Å². The van der Waals surface area contributed by atoms with Crippen LogP contribution in [-0.2, 0) is 16.1 Å². The van der Waals surface area contributed by atoms with Crippen LogP contribution in [0.3, 0.4) is 0 Å². The van der Waals surface area contributed by atoms with Gasteiger partial charge in [-0.15, -0.1) is 0 Å². The van der Waals surface area contributed by atoms with Crippen molar-refractivity contribution in [1.29, 1.82) is 5.26 Å². The Morgan fingerprint density at radius 1 is 1.65 bits per heavy atom. The van der Waals surface area contributed by atoms with Gasteiger partial charge in [0.25, 0.3) is 0 Å². The van der Waals surface area contributed by atoms with Crippen LogP contribution in [0.4, 0.5) is 5.69 Å². The average molecular weight is 275 g/mol. The van der Waals surface area contributed by atoms with Crippen LogP contribution in [-0.4, -0.2) is 43.9 Å². The Kier molecular flexibility index (Phi) is 4.56. The lowest BCUT2D eigenvalue weighted by molar-refractivity contribution is -0.124. The summed E-state index contributed by atoms with van der Waals surface area (Å²) < 4.78 is 5.35. The van der Waals surface area contributed by atoms with Crippen LogP contribution in [0.1, 0.15) is 11.1 Å². The van der Waals surface area contributed by atoms with E-state index in [-0.39, 0.29) is 12.5 Å². The Balaban J connectivity index is 2.37. The number of carbonyl (C=O) groups is 1. The summed E-state index contributed by atoms with van der Waals surface area (Å²) >= 11 is 0. The van der Waals surface area contributed by atoms with Crippen molar-refractivity contribution in [2.75, 3.05) is 31.7 Å². The summed E-state index contributed by atoms with van der Waals surface area (Å²) in [4.78, 5) is 13.8.